The first kappa shape index (κ1) is 13.8. The summed E-state index contributed by atoms with van der Waals surface area (Å²) >= 11 is 1.73. The molecule has 0 aliphatic rings. The molecule has 1 rings (SSSR count). The number of nitrogens with one attached hydrogen (secondary N) is 1. The molecule has 0 spiro atoms. The van der Waals surface area contributed by atoms with Gasteiger partial charge in [0.05, 0.1) is 0 Å². The zero-order valence-corrected chi connectivity index (χ0v) is 10.5. The number of carboxylic acids is 1. The average molecular weight is 251 g/mol. The van der Waals surface area contributed by atoms with Crippen LogP contribution in [0.5, 0.6) is 0 Å². The molecular formula is C13H17NO2S. The average Bonchev–Trinajstić information content (AvgIpc) is 2.34. The second-order valence-corrected chi connectivity index (χ2v) is 4.65. The zero-order valence-electron chi connectivity index (χ0n) is 9.63. The van der Waals surface area contributed by atoms with Crippen LogP contribution in [0, 0.1) is 0 Å². The quantitative estimate of drug-likeness (QED) is 0.550. The van der Waals surface area contributed by atoms with E-state index in [9.17, 15) is 4.79 Å². The van der Waals surface area contributed by atoms with Crippen LogP contribution in [-0.4, -0.2) is 29.1 Å². The standard InChI is InChI=1S/C13H17NO2S/c1-2-9-17-10-8-14-12(13(15)16)11-6-4-3-5-7-11/h2-7,12,14H,1,8-10H2,(H,15,16). The summed E-state index contributed by atoms with van der Waals surface area (Å²) < 4.78 is 0. The smallest absolute Gasteiger partial charge is 0.325 e. The van der Waals surface area contributed by atoms with Gasteiger partial charge in [-0.05, 0) is 5.56 Å². The Balaban J connectivity index is 2.45. The molecule has 1 unspecified atom stereocenters. The molecule has 0 amide bonds. The van der Waals surface area contributed by atoms with Crippen molar-refractivity contribution in [3.05, 3.63) is 48.6 Å². The minimum absolute atomic E-state index is 0.625. The van der Waals surface area contributed by atoms with Crippen molar-refractivity contribution in [1.29, 1.82) is 0 Å². The van der Waals surface area contributed by atoms with Crippen molar-refractivity contribution < 1.29 is 9.90 Å². The van der Waals surface area contributed by atoms with E-state index in [4.69, 9.17) is 5.11 Å². The van der Waals surface area contributed by atoms with Crippen LogP contribution < -0.4 is 5.32 Å². The molecule has 0 aliphatic heterocycles. The lowest BCUT2D eigenvalue weighted by Crippen LogP contribution is -2.30. The van der Waals surface area contributed by atoms with Crippen molar-refractivity contribution in [2.24, 2.45) is 0 Å². The Bertz CT molecular complexity index is 354. The maximum absolute atomic E-state index is 11.1. The Morgan fingerprint density at radius 3 is 2.76 bits per heavy atom. The van der Waals surface area contributed by atoms with E-state index in [-0.39, 0.29) is 0 Å². The highest BCUT2D eigenvalue weighted by molar-refractivity contribution is 7.99. The van der Waals surface area contributed by atoms with Gasteiger partial charge in [0, 0.05) is 18.1 Å². The third-order valence-electron chi connectivity index (χ3n) is 2.21. The summed E-state index contributed by atoms with van der Waals surface area (Å²) in [4.78, 5) is 11.1. The fourth-order valence-electron chi connectivity index (χ4n) is 1.44. The van der Waals surface area contributed by atoms with Crippen LogP contribution in [0.4, 0.5) is 0 Å². The molecule has 1 aromatic carbocycles. The van der Waals surface area contributed by atoms with Gasteiger partial charge in [-0.25, -0.2) is 0 Å². The van der Waals surface area contributed by atoms with E-state index in [1.807, 2.05) is 36.4 Å². The van der Waals surface area contributed by atoms with Gasteiger partial charge in [-0.2, -0.15) is 11.8 Å². The highest BCUT2D eigenvalue weighted by atomic mass is 32.2. The fraction of sp³-hybridized carbons (Fsp3) is 0.308. The number of carbonyl (C=O) groups is 1. The molecule has 92 valence electrons. The van der Waals surface area contributed by atoms with E-state index in [2.05, 4.69) is 11.9 Å². The Labute approximate surface area is 106 Å². The van der Waals surface area contributed by atoms with Crippen molar-refractivity contribution >= 4 is 17.7 Å². The van der Waals surface area contributed by atoms with Crippen LogP contribution in [0.2, 0.25) is 0 Å². The van der Waals surface area contributed by atoms with Crippen LogP contribution >= 0.6 is 11.8 Å². The number of hydrogen-bond donors (Lipinski definition) is 2. The molecule has 0 saturated heterocycles. The second-order valence-electron chi connectivity index (χ2n) is 3.50. The summed E-state index contributed by atoms with van der Waals surface area (Å²) in [5, 5.41) is 12.2. The molecule has 0 aliphatic carbocycles. The van der Waals surface area contributed by atoms with Crippen LogP contribution in [0.3, 0.4) is 0 Å². The highest BCUT2D eigenvalue weighted by Gasteiger charge is 2.17. The first-order valence-electron chi connectivity index (χ1n) is 5.45. The van der Waals surface area contributed by atoms with E-state index in [1.54, 1.807) is 11.8 Å². The first-order chi connectivity index (χ1) is 8.25. The van der Waals surface area contributed by atoms with Crippen LogP contribution in [0.25, 0.3) is 0 Å². The van der Waals surface area contributed by atoms with Crippen molar-refractivity contribution in [3.8, 4) is 0 Å². The molecule has 0 aromatic heterocycles. The third-order valence-corrected chi connectivity index (χ3v) is 3.17. The van der Waals surface area contributed by atoms with Gasteiger partial charge in [0.2, 0.25) is 0 Å². The highest BCUT2D eigenvalue weighted by Crippen LogP contribution is 2.12. The van der Waals surface area contributed by atoms with Gasteiger partial charge in [-0.3, -0.25) is 10.1 Å². The number of hydrogen-bond acceptors (Lipinski definition) is 3. The molecule has 0 heterocycles. The van der Waals surface area contributed by atoms with E-state index in [0.29, 0.717) is 6.54 Å². The third kappa shape index (κ3) is 5.06. The maximum atomic E-state index is 11.1. The van der Waals surface area contributed by atoms with E-state index >= 15 is 0 Å². The van der Waals surface area contributed by atoms with Crippen LogP contribution in [-0.2, 0) is 4.79 Å². The molecule has 1 aromatic rings. The SMILES string of the molecule is C=CCSCCNC(C(=O)O)c1ccccc1. The van der Waals surface area contributed by atoms with Crippen molar-refractivity contribution in [2.45, 2.75) is 6.04 Å². The molecule has 0 radical (unpaired) electrons. The van der Waals surface area contributed by atoms with Gasteiger partial charge >= 0.3 is 5.97 Å². The molecule has 4 heteroatoms. The van der Waals surface area contributed by atoms with E-state index in [0.717, 1.165) is 17.1 Å². The van der Waals surface area contributed by atoms with Gasteiger partial charge in [-0.15, -0.1) is 6.58 Å². The number of rotatable bonds is 8. The summed E-state index contributed by atoms with van der Waals surface area (Å²) in [5.74, 6) is 0.929. The van der Waals surface area contributed by atoms with Gasteiger partial charge in [0.1, 0.15) is 6.04 Å². The van der Waals surface area contributed by atoms with Gasteiger partial charge in [-0.1, -0.05) is 36.4 Å². The fourth-order valence-corrected chi connectivity index (χ4v) is 2.03. The summed E-state index contributed by atoms with van der Waals surface area (Å²) in [5.41, 5.74) is 0.786. The number of benzene rings is 1. The molecule has 3 nitrogen and oxygen atoms in total. The Kier molecular flexibility index (Phi) is 6.43. The molecule has 0 bridgehead atoms. The lowest BCUT2D eigenvalue weighted by atomic mass is 10.1. The second kappa shape index (κ2) is 7.92. The first-order valence-corrected chi connectivity index (χ1v) is 6.61. The number of thioether (sulfide) groups is 1. The number of aliphatic carboxylic acids is 1. The lowest BCUT2D eigenvalue weighted by molar-refractivity contribution is -0.139. The van der Waals surface area contributed by atoms with Gasteiger partial charge in [0.15, 0.2) is 0 Å². The Morgan fingerprint density at radius 2 is 2.18 bits per heavy atom. The van der Waals surface area contributed by atoms with Crippen LogP contribution in [0.1, 0.15) is 11.6 Å². The largest absolute Gasteiger partial charge is 0.480 e. The summed E-state index contributed by atoms with van der Waals surface area (Å²) in [7, 11) is 0. The zero-order chi connectivity index (χ0) is 12.5. The van der Waals surface area contributed by atoms with E-state index < -0.39 is 12.0 Å². The van der Waals surface area contributed by atoms with Crippen LogP contribution in [0.15, 0.2) is 43.0 Å². The number of carboxylic acid groups (broad SMARTS) is 1. The summed E-state index contributed by atoms with van der Waals surface area (Å²) in [6.45, 7) is 4.30. The molecule has 0 fully saturated rings. The summed E-state index contributed by atoms with van der Waals surface area (Å²) in [6.07, 6.45) is 1.84. The molecule has 1 atom stereocenters. The van der Waals surface area contributed by atoms with Crippen molar-refractivity contribution in [1.82, 2.24) is 5.32 Å². The molecule has 17 heavy (non-hydrogen) atoms. The normalized spacial score (nSPS) is 12.0. The van der Waals surface area contributed by atoms with Crippen molar-refractivity contribution in [2.75, 3.05) is 18.1 Å². The Morgan fingerprint density at radius 1 is 1.47 bits per heavy atom. The van der Waals surface area contributed by atoms with E-state index in [1.165, 1.54) is 0 Å². The summed E-state index contributed by atoms with van der Waals surface area (Å²) in [6, 6.07) is 8.59. The lowest BCUT2D eigenvalue weighted by Gasteiger charge is -2.14. The van der Waals surface area contributed by atoms with Gasteiger partial charge < -0.3 is 5.11 Å². The maximum Gasteiger partial charge on any atom is 0.325 e. The van der Waals surface area contributed by atoms with Crippen molar-refractivity contribution in [3.63, 3.8) is 0 Å². The molecular weight excluding hydrogens is 234 g/mol. The minimum atomic E-state index is -0.843. The topological polar surface area (TPSA) is 49.3 Å². The minimum Gasteiger partial charge on any atom is -0.480 e. The van der Waals surface area contributed by atoms with Gasteiger partial charge in [0.25, 0.3) is 0 Å². The monoisotopic (exact) mass is 251 g/mol. The Hall–Kier alpha value is -1.26. The molecule has 2 N–H and O–H groups in total. The molecule has 0 saturated carbocycles. The predicted molar refractivity (Wildman–Crippen MR) is 72.3 cm³/mol. The predicted octanol–water partition coefficient (Wildman–Crippen LogP) is 2.32.